The van der Waals surface area contributed by atoms with E-state index in [2.05, 4.69) is 53.2 Å². The zero-order valence-electron chi connectivity index (χ0n) is 24.1. The van der Waals surface area contributed by atoms with Gasteiger partial charge in [0, 0.05) is 63.5 Å². The predicted octanol–water partition coefficient (Wildman–Crippen LogP) is 4.98. The maximum atomic E-state index is 13.3. The summed E-state index contributed by atoms with van der Waals surface area (Å²) in [5.41, 5.74) is 4.95. The molecule has 2 heterocycles. The van der Waals surface area contributed by atoms with Crippen LogP contribution in [-0.2, 0) is 29.2 Å². The lowest BCUT2D eigenvalue weighted by Gasteiger charge is -2.31. The first-order valence-corrected chi connectivity index (χ1v) is 14.7. The number of nitrogens with one attached hydrogen (secondary N) is 1. The molecule has 0 bridgehead atoms. The molecule has 0 saturated carbocycles. The maximum Gasteiger partial charge on any atom is 0.251 e. The monoisotopic (exact) mass is 534 g/mol. The Kier molecular flexibility index (Phi) is 10.9. The Labute approximate surface area is 234 Å². The van der Waals surface area contributed by atoms with Gasteiger partial charge in [-0.15, -0.1) is 0 Å². The molecule has 212 valence electrons. The zero-order valence-corrected chi connectivity index (χ0v) is 24.1. The summed E-state index contributed by atoms with van der Waals surface area (Å²) < 4.78 is 5.46. The van der Waals surface area contributed by atoms with Crippen LogP contribution in [0, 0.1) is 0 Å². The van der Waals surface area contributed by atoms with E-state index in [-0.39, 0.29) is 11.8 Å². The molecule has 2 aromatic carbocycles. The van der Waals surface area contributed by atoms with Crippen molar-refractivity contribution in [2.45, 2.75) is 78.6 Å². The lowest BCUT2D eigenvalue weighted by atomic mass is 10.0. The molecule has 39 heavy (non-hydrogen) atoms. The summed E-state index contributed by atoms with van der Waals surface area (Å²) in [6, 6.07) is 14.7. The third-order valence-corrected chi connectivity index (χ3v) is 7.90. The van der Waals surface area contributed by atoms with Crippen molar-refractivity contribution in [2.75, 3.05) is 44.3 Å². The van der Waals surface area contributed by atoms with Crippen molar-refractivity contribution in [1.29, 1.82) is 0 Å². The second-order valence-electron chi connectivity index (χ2n) is 11.2. The lowest BCUT2D eigenvalue weighted by Crippen LogP contribution is -2.35. The van der Waals surface area contributed by atoms with Gasteiger partial charge in [0.25, 0.3) is 5.91 Å². The number of benzene rings is 2. The summed E-state index contributed by atoms with van der Waals surface area (Å²) in [7, 11) is 0. The van der Waals surface area contributed by atoms with Gasteiger partial charge < -0.3 is 15.0 Å². The van der Waals surface area contributed by atoms with Gasteiger partial charge in [0.1, 0.15) is 0 Å². The van der Waals surface area contributed by atoms with Crippen LogP contribution in [0.5, 0.6) is 0 Å². The number of morpholine rings is 1. The second kappa shape index (κ2) is 14.6. The van der Waals surface area contributed by atoms with Crippen molar-refractivity contribution in [3.63, 3.8) is 0 Å². The third-order valence-electron chi connectivity index (χ3n) is 7.90. The lowest BCUT2D eigenvalue weighted by molar-refractivity contribution is -0.116. The number of carbonyl (C=O) groups is 2. The third kappa shape index (κ3) is 8.62. The van der Waals surface area contributed by atoms with Crippen molar-refractivity contribution < 1.29 is 14.3 Å². The molecule has 1 fully saturated rings. The molecule has 2 aliphatic rings. The molecule has 2 amide bonds. The van der Waals surface area contributed by atoms with Crippen molar-refractivity contribution in [3.8, 4) is 0 Å². The minimum Gasteiger partial charge on any atom is -0.379 e. The van der Waals surface area contributed by atoms with Gasteiger partial charge in [0.2, 0.25) is 5.91 Å². The van der Waals surface area contributed by atoms with E-state index >= 15 is 0 Å². The number of amides is 2. The highest BCUT2D eigenvalue weighted by Crippen LogP contribution is 2.27. The van der Waals surface area contributed by atoms with Gasteiger partial charge in [-0.2, -0.15) is 0 Å². The maximum absolute atomic E-state index is 13.3. The van der Waals surface area contributed by atoms with Crippen molar-refractivity contribution in [1.82, 2.24) is 15.1 Å². The minimum atomic E-state index is -0.0898. The average molecular weight is 535 g/mol. The SMILES string of the molecule is CC(=O)N1CCCCCCCN(C(C)C)Cc2cc(C(=O)NCc3cccc(CN4CCOCC4)c3)ccc21. The van der Waals surface area contributed by atoms with Crippen LogP contribution < -0.4 is 10.2 Å². The molecule has 2 aromatic rings. The minimum absolute atomic E-state index is 0.0542. The summed E-state index contributed by atoms with van der Waals surface area (Å²) in [5.74, 6) is -0.0356. The van der Waals surface area contributed by atoms with E-state index in [1.807, 2.05) is 23.1 Å². The topological polar surface area (TPSA) is 65.1 Å². The van der Waals surface area contributed by atoms with Gasteiger partial charge in [-0.05, 0) is 68.1 Å². The highest BCUT2D eigenvalue weighted by molar-refractivity contribution is 5.97. The molecule has 0 atom stereocenters. The molecule has 0 unspecified atom stereocenters. The first-order chi connectivity index (χ1) is 18.9. The van der Waals surface area contributed by atoms with Crippen LogP contribution in [-0.4, -0.2) is 67.0 Å². The second-order valence-corrected chi connectivity index (χ2v) is 11.2. The van der Waals surface area contributed by atoms with E-state index < -0.39 is 0 Å². The molecule has 7 heteroatoms. The van der Waals surface area contributed by atoms with E-state index in [0.717, 1.165) is 82.1 Å². The molecule has 0 aliphatic carbocycles. The van der Waals surface area contributed by atoms with Crippen molar-refractivity contribution >= 4 is 17.5 Å². The Bertz CT molecular complexity index is 1100. The Morgan fingerprint density at radius 2 is 1.62 bits per heavy atom. The van der Waals surface area contributed by atoms with E-state index in [1.165, 1.54) is 24.8 Å². The van der Waals surface area contributed by atoms with Crippen LogP contribution in [0.4, 0.5) is 5.69 Å². The van der Waals surface area contributed by atoms with Crippen LogP contribution in [0.3, 0.4) is 0 Å². The van der Waals surface area contributed by atoms with Gasteiger partial charge in [0.15, 0.2) is 0 Å². The van der Waals surface area contributed by atoms with E-state index in [0.29, 0.717) is 18.2 Å². The van der Waals surface area contributed by atoms with Crippen molar-refractivity contribution in [3.05, 3.63) is 64.7 Å². The van der Waals surface area contributed by atoms with Gasteiger partial charge >= 0.3 is 0 Å². The van der Waals surface area contributed by atoms with Crippen molar-refractivity contribution in [2.24, 2.45) is 0 Å². The molecule has 1 saturated heterocycles. The summed E-state index contributed by atoms with van der Waals surface area (Å²) in [4.78, 5) is 32.7. The molecular weight excluding hydrogens is 488 g/mol. The fourth-order valence-corrected chi connectivity index (χ4v) is 5.56. The molecule has 4 rings (SSSR count). The van der Waals surface area contributed by atoms with Crippen LogP contribution in [0.15, 0.2) is 42.5 Å². The number of rotatable bonds is 6. The zero-order chi connectivity index (χ0) is 27.6. The number of hydrogen-bond donors (Lipinski definition) is 1. The van der Waals surface area contributed by atoms with E-state index in [1.54, 1.807) is 6.92 Å². The van der Waals surface area contributed by atoms with Gasteiger partial charge in [0.05, 0.1) is 13.2 Å². The number of nitrogens with zero attached hydrogens (tertiary/aromatic N) is 3. The van der Waals surface area contributed by atoms with Crippen LogP contribution >= 0.6 is 0 Å². The highest BCUT2D eigenvalue weighted by Gasteiger charge is 2.21. The smallest absolute Gasteiger partial charge is 0.251 e. The standard InChI is InChI=1S/C32H46N4O3/c1-25(2)35-14-7-5-4-6-8-15-36(26(3)37)31-13-12-29(21-30(31)24-35)32(38)33-22-27-10-9-11-28(20-27)23-34-16-18-39-19-17-34/h9-13,20-21,25H,4-8,14-19,22-24H2,1-3H3,(H,33,38). The summed E-state index contributed by atoms with van der Waals surface area (Å²) in [6.07, 6.45) is 5.73. The van der Waals surface area contributed by atoms with Crippen LogP contribution in [0.25, 0.3) is 0 Å². The van der Waals surface area contributed by atoms with Gasteiger partial charge in [-0.1, -0.05) is 43.5 Å². The first-order valence-electron chi connectivity index (χ1n) is 14.7. The highest BCUT2D eigenvalue weighted by atomic mass is 16.5. The first kappa shape index (κ1) is 29.2. The summed E-state index contributed by atoms with van der Waals surface area (Å²) in [5, 5.41) is 3.12. The van der Waals surface area contributed by atoms with E-state index in [4.69, 9.17) is 4.74 Å². The fraction of sp³-hybridized carbons (Fsp3) is 0.562. The number of anilines is 1. The number of fused-ring (bicyclic) bond motifs is 1. The number of hydrogen-bond acceptors (Lipinski definition) is 5. The Morgan fingerprint density at radius 3 is 2.36 bits per heavy atom. The number of ether oxygens (including phenoxy) is 1. The summed E-state index contributed by atoms with van der Waals surface area (Å²) >= 11 is 0. The Balaban J connectivity index is 1.49. The van der Waals surface area contributed by atoms with Crippen LogP contribution in [0.1, 0.15) is 79.9 Å². The molecule has 7 nitrogen and oxygen atoms in total. The van der Waals surface area contributed by atoms with Crippen LogP contribution in [0.2, 0.25) is 0 Å². The Morgan fingerprint density at radius 1 is 0.897 bits per heavy atom. The molecule has 2 aliphatic heterocycles. The fourth-order valence-electron chi connectivity index (χ4n) is 5.56. The molecule has 1 N–H and O–H groups in total. The van der Waals surface area contributed by atoms with Gasteiger partial charge in [-0.25, -0.2) is 0 Å². The largest absolute Gasteiger partial charge is 0.379 e. The summed E-state index contributed by atoms with van der Waals surface area (Å²) in [6.45, 7) is 13.4. The average Bonchev–Trinajstić information content (AvgIpc) is 2.92. The predicted molar refractivity (Wildman–Crippen MR) is 157 cm³/mol. The molecular formula is C32H46N4O3. The Hall–Kier alpha value is -2.74. The molecule has 0 aromatic heterocycles. The molecule has 0 spiro atoms. The van der Waals surface area contributed by atoms with E-state index in [9.17, 15) is 9.59 Å². The number of carbonyl (C=O) groups excluding carboxylic acids is 2. The molecule has 0 radical (unpaired) electrons. The van der Waals surface area contributed by atoms with Gasteiger partial charge in [-0.3, -0.25) is 19.4 Å². The quantitative estimate of drug-likeness (QED) is 0.567. The normalized spacial score (nSPS) is 18.2.